The summed E-state index contributed by atoms with van der Waals surface area (Å²) in [6, 6.07) is 12.3. The molecule has 16 N–H and O–H groups in total. The van der Waals surface area contributed by atoms with Gasteiger partial charge in [-0.1, -0.05) is 24.3 Å². The molecule has 4 unspecified atom stereocenters. The third kappa shape index (κ3) is 30.1. The molecule has 0 bridgehead atoms. The van der Waals surface area contributed by atoms with Crippen LogP contribution in [0.4, 0.5) is 11.4 Å². The molecule has 0 heterocycles. The molecule has 1 radical (unpaired) electrons. The van der Waals surface area contributed by atoms with E-state index in [1.54, 1.807) is 0 Å². The minimum absolute atomic E-state index is 0. The van der Waals surface area contributed by atoms with E-state index < -0.39 is 31.3 Å². The van der Waals surface area contributed by atoms with E-state index in [2.05, 4.69) is 59.9 Å². The van der Waals surface area contributed by atoms with Crippen LogP contribution in [0.15, 0.2) is 36.4 Å². The third-order valence-corrected chi connectivity index (χ3v) is 7.15. The molecule has 4 atom stereocenters. The Kier molecular flexibility index (Phi) is 24.9. The van der Waals surface area contributed by atoms with Gasteiger partial charge in [0.1, 0.15) is 11.4 Å². The molecule has 18 nitrogen and oxygen atoms in total. The van der Waals surface area contributed by atoms with Crippen molar-refractivity contribution in [3.8, 4) is 0 Å². The molecule has 231 valence electrons. The van der Waals surface area contributed by atoms with Crippen molar-refractivity contribution in [1.29, 1.82) is 0 Å². The van der Waals surface area contributed by atoms with Crippen molar-refractivity contribution in [3.63, 3.8) is 0 Å². The Morgan fingerprint density at radius 2 is 0.795 bits per heavy atom. The van der Waals surface area contributed by atoms with E-state index in [-0.39, 0.29) is 27.7 Å². The van der Waals surface area contributed by atoms with Gasteiger partial charge >= 0.3 is 16.8 Å². The van der Waals surface area contributed by atoms with Crippen LogP contribution in [-0.2, 0) is 54.6 Å². The third-order valence-electron chi connectivity index (χ3n) is 3.85. The van der Waals surface area contributed by atoms with E-state index in [4.69, 9.17) is 19.6 Å². The van der Waals surface area contributed by atoms with Crippen molar-refractivity contribution in [3.05, 3.63) is 58.7 Å². The number of hydrogen-bond donors (Lipinski definition) is 6. The molecule has 0 saturated carbocycles. The van der Waals surface area contributed by atoms with Crippen LogP contribution in [0.25, 0.3) is 0 Å². The summed E-state index contributed by atoms with van der Waals surface area (Å²) in [5.41, 5.74) is 15.3. The van der Waals surface area contributed by atoms with Crippen LogP contribution >= 0.6 is 31.3 Å². The van der Waals surface area contributed by atoms with Crippen LogP contribution in [0.1, 0.15) is 22.3 Å². The van der Waals surface area contributed by atoms with Crippen LogP contribution in [0.5, 0.6) is 0 Å². The normalized spacial score (nSPS) is 15.7. The molecule has 0 aliphatic rings. The first-order chi connectivity index (χ1) is 15.8. The minimum Gasteiger partial charge on any atom is -0.756 e. The van der Waals surface area contributed by atoms with E-state index in [0.717, 1.165) is 11.4 Å². The molecule has 0 aromatic heterocycles. The van der Waals surface area contributed by atoms with E-state index in [1.165, 1.54) is 22.3 Å². The molecule has 39 heavy (non-hydrogen) atoms. The van der Waals surface area contributed by atoms with Gasteiger partial charge in [0, 0.05) is 11.1 Å². The SMILES string of the molecule is Cc1cccc([NH3+])c1C.Cc1cccc([NH3+])c1C.O=P([O-])(O)OP(=O)([O-])O.O=P([O-])(O)OP(=O)([O-])O.[Co+2].[OH3+].[OH3+]. The Morgan fingerprint density at radius 1 is 0.590 bits per heavy atom. The van der Waals surface area contributed by atoms with Crippen LogP contribution in [-0.4, -0.2) is 19.6 Å². The monoisotopic (exact) mass is 693 g/mol. The second-order valence-electron chi connectivity index (χ2n) is 6.76. The molecule has 0 amide bonds. The van der Waals surface area contributed by atoms with Gasteiger partial charge in [-0.2, -0.15) is 0 Å². The maximum Gasteiger partial charge on any atom is 2.00 e. The summed E-state index contributed by atoms with van der Waals surface area (Å²) in [7, 11) is -21.5. The molecular weight excluding hydrogens is 659 g/mol. The van der Waals surface area contributed by atoms with E-state index in [9.17, 15) is 37.8 Å². The van der Waals surface area contributed by atoms with Crippen LogP contribution < -0.4 is 31.0 Å². The van der Waals surface area contributed by atoms with Crippen molar-refractivity contribution in [2.45, 2.75) is 27.7 Å². The second-order valence-corrected chi connectivity index (χ2v) is 11.8. The predicted molar refractivity (Wildman–Crippen MR) is 128 cm³/mol. The Balaban J connectivity index is -0.000000128. The van der Waals surface area contributed by atoms with Gasteiger partial charge in [0.05, 0.1) is 0 Å². The fourth-order valence-electron chi connectivity index (χ4n) is 1.88. The fourth-order valence-corrected chi connectivity index (χ4v) is 3.97. The summed E-state index contributed by atoms with van der Waals surface area (Å²) in [4.78, 5) is 68.3. The fraction of sp³-hybridized carbons (Fsp3) is 0.250. The van der Waals surface area contributed by atoms with Gasteiger partial charge in [0.2, 0.25) is 0 Å². The van der Waals surface area contributed by atoms with Crippen molar-refractivity contribution < 1.29 is 105 Å². The van der Waals surface area contributed by atoms with Gasteiger partial charge < -0.3 is 61.6 Å². The van der Waals surface area contributed by atoms with E-state index >= 15 is 0 Å². The first-order valence-electron chi connectivity index (χ1n) is 9.19. The second kappa shape index (κ2) is 20.2. The minimum atomic E-state index is -5.36. The number of aryl methyl sites for hydroxylation is 2. The molecule has 2 aromatic carbocycles. The van der Waals surface area contributed by atoms with E-state index in [0.29, 0.717) is 0 Å². The van der Waals surface area contributed by atoms with Gasteiger partial charge in [-0.15, -0.1) is 0 Å². The topological polar surface area (TPSA) is 381 Å². The Hall–Kier alpha value is -0.694. The Labute approximate surface area is 234 Å². The summed E-state index contributed by atoms with van der Waals surface area (Å²) in [5.74, 6) is 0. The standard InChI is InChI=1S/2C8H11N.Co.2H4O7P2.2H2O/c2*1-6-4-3-5-8(9)7(6)2;;2*1-8(2,3)7-9(4,5)6;;/h2*3-5H,9H2,1-2H3;;2*(H2,1,2,3)(H2,4,5,6);2*1H2/q;;+2;;;;. The maximum absolute atomic E-state index is 9.48. The first-order valence-corrected chi connectivity index (χ1v) is 15.2. The molecule has 2 rings (SSSR count). The molecule has 0 aliphatic heterocycles. The zero-order valence-corrected chi connectivity index (χ0v) is 25.6. The quantitative estimate of drug-likeness (QED) is 0.133. The Bertz CT molecular complexity index is 1000. The summed E-state index contributed by atoms with van der Waals surface area (Å²) >= 11 is 0. The summed E-state index contributed by atoms with van der Waals surface area (Å²) < 4.78 is 43.4. The number of quaternary nitrogens is 2. The average Bonchev–Trinajstić information content (AvgIpc) is 2.59. The largest absolute Gasteiger partial charge is 2.00 e. The van der Waals surface area contributed by atoms with Crippen molar-refractivity contribution >= 4 is 42.7 Å². The van der Waals surface area contributed by atoms with Crippen LogP contribution in [0, 0.1) is 27.7 Å². The average molecular weight is 693 g/mol. The number of benzene rings is 2. The van der Waals surface area contributed by atoms with Crippen LogP contribution in [0.2, 0.25) is 0 Å². The summed E-state index contributed by atoms with van der Waals surface area (Å²) in [6.07, 6.45) is 0. The van der Waals surface area contributed by atoms with Gasteiger partial charge in [0.15, 0.2) is 0 Å². The van der Waals surface area contributed by atoms with Gasteiger partial charge in [-0.25, -0.2) is 8.62 Å². The molecular formula is C16H34CoN2O16P4+2. The smallest absolute Gasteiger partial charge is 0.756 e. The molecule has 23 heteroatoms. The molecule has 2 aromatic rings. The van der Waals surface area contributed by atoms with Crippen molar-refractivity contribution in [2.75, 3.05) is 0 Å². The zero-order valence-electron chi connectivity index (χ0n) is 21.0. The van der Waals surface area contributed by atoms with Crippen LogP contribution in [0.3, 0.4) is 0 Å². The van der Waals surface area contributed by atoms with Gasteiger partial charge in [-0.05, 0) is 51.0 Å². The van der Waals surface area contributed by atoms with Gasteiger partial charge in [0.25, 0.3) is 31.3 Å². The molecule has 0 spiro atoms. The van der Waals surface area contributed by atoms with E-state index in [1.807, 2.05) is 24.3 Å². The summed E-state index contributed by atoms with van der Waals surface area (Å²) in [5, 5.41) is 0. The van der Waals surface area contributed by atoms with Crippen molar-refractivity contribution in [2.24, 2.45) is 0 Å². The van der Waals surface area contributed by atoms with Crippen molar-refractivity contribution in [1.82, 2.24) is 0 Å². The molecule has 0 aliphatic carbocycles. The molecule has 0 fully saturated rings. The Morgan fingerprint density at radius 3 is 0.897 bits per heavy atom. The summed E-state index contributed by atoms with van der Waals surface area (Å²) in [6.45, 7) is 8.39. The first kappa shape index (κ1) is 48.1. The predicted octanol–water partition coefficient (Wildman–Crippen LogP) is -3.64. The van der Waals surface area contributed by atoms with Gasteiger partial charge in [-0.3, -0.25) is 18.3 Å². The maximum atomic E-state index is 9.48. The molecule has 0 saturated heterocycles. The number of phosphoric acid groups is 4. The number of hydrogen-bond acceptors (Lipinski definition) is 10. The number of rotatable bonds is 4. The zero-order chi connectivity index (χ0) is 29.1.